The third-order valence-corrected chi connectivity index (χ3v) is 3.87. The Hall–Kier alpha value is -1.40. The van der Waals surface area contributed by atoms with Gasteiger partial charge in [-0.05, 0) is 13.8 Å². The second-order valence-corrected chi connectivity index (χ2v) is 5.90. The van der Waals surface area contributed by atoms with E-state index in [0.29, 0.717) is 12.3 Å². The number of ether oxygens (including phenoxy) is 1. The summed E-state index contributed by atoms with van der Waals surface area (Å²) >= 11 is 1.54. The first kappa shape index (κ1) is 11.7. The second-order valence-electron chi connectivity index (χ2n) is 5.02. The molecular formula is C12H15N3O2S. The van der Waals surface area contributed by atoms with Gasteiger partial charge in [-0.1, -0.05) is 0 Å². The smallest absolute Gasteiger partial charge is 0.196 e. The number of hydrogen-bond acceptors (Lipinski definition) is 5. The van der Waals surface area contributed by atoms with E-state index in [1.807, 2.05) is 16.0 Å². The number of nitrogens with zero attached hydrogens (tertiary/aromatic N) is 3. The quantitative estimate of drug-likeness (QED) is 0.777. The lowest BCUT2D eigenvalue weighted by Crippen LogP contribution is -2.48. The summed E-state index contributed by atoms with van der Waals surface area (Å²) in [7, 11) is 0. The van der Waals surface area contributed by atoms with Crippen LogP contribution in [0.2, 0.25) is 0 Å². The van der Waals surface area contributed by atoms with Gasteiger partial charge in [0.1, 0.15) is 5.69 Å². The molecule has 0 atom stereocenters. The SMILES string of the molecule is CC1(C)CN(c2nc3sccn3c2C=O)CCO1. The Morgan fingerprint density at radius 1 is 1.56 bits per heavy atom. The molecule has 0 saturated carbocycles. The number of carbonyl (C=O) groups is 1. The van der Waals surface area contributed by atoms with E-state index in [1.54, 1.807) is 0 Å². The first-order valence-electron chi connectivity index (χ1n) is 5.90. The molecule has 3 heterocycles. The lowest BCUT2D eigenvalue weighted by molar-refractivity contribution is -0.0279. The number of morpholine rings is 1. The fraction of sp³-hybridized carbons (Fsp3) is 0.500. The van der Waals surface area contributed by atoms with Crippen molar-refractivity contribution in [2.45, 2.75) is 19.4 Å². The number of hydrogen-bond donors (Lipinski definition) is 0. The first-order chi connectivity index (χ1) is 8.61. The van der Waals surface area contributed by atoms with Crippen LogP contribution in [0.5, 0.6) is 0 Å². The third-order valence-electron chi connectivity index (χ3n) is 3.12. The summed E-state index contributed by atoms with van der Waals surface area (Å²) in [5.41, 5.74) is 0.430. The molecule has 1 aliphatic rings. The highest BCUT2D eigenvalue weighted by Gasteiger charge is 2.30. The summed E-state index contributed by atoms with van der Waals surface area (Å²) < 4.78 is 7.53. The van der Waals surface area contributed by atoms with Crippen LogP contribution >= 0.6 is 11.3 Å². The van der Waals surface area contributed by atoms with Crippen molar-refractivity contribution in [2.24, 2.45) is 0 Å². The molecule has 1 saturated heterocycles. The minimum Gasteiger partial charge on any atom is -0.372 e. The van der Waals surface area contributed by atoms with E-state index in [4.69, 9.17) is 4.74 Å². The van der Waals surface area contributed by atoms with Gasteiger partial charge in [0.05, 0.1) is 12.2 Å². The van der Waals surface area contributed by atoms with Crippen LogP contribution in [0.25, 0.3) is 4.96 Å². The maximum atomic E-state index is 11.3. The predicted octanol–water partition coefficient (Wildman–Crippen LogP) is 1.82. The van der Waals surface area contributed by atoms with E-state index in [0.717, 1.165) is 30.2 Å². The van der Waals surface area contributed by atoms with E-state index < -0.39 is 0 Å². The average Bonchev–Trinajstić information content (AvgIpc) is 2.86. The zero-order valence-corrected chi connectivity index (χ0v) is 11.2. The van der Waals surface area contributed by atoms with E-state index in [-0.39, 0.29) is 5.60 Å². The minimum absolute atomic E-state index is 0.199. The van der Waals surface area contributed by atoms with Gasteiger partial charge in [0.2, 0.25) is 0 Å². The zero-order valence-electron chi connectivity index (χ0n) is 10.4. The van der Waals surface area contributed by atoms with Gasteiger partial charge in [-0.2, -0.15) is 0 Å². The van der Waals surface area contributed by atoms with Crippen LogP contribution in [-0.2, 0) is 4.74 Å². The summed E-state index contributed by atoms with van der Waals surface area (Å²) in [6.07, 6.45) is 2.76. The van der Waals surface area contributed by atoms with Crippen molar-refractivity contribution in [1.29, 1.82) is 0 Å². The Balaban J connectivity index is 2.03. The average molecular weight is 265 g/mol. The topological polar surface area (TPSA) is 46.8 Å². The van der Waals surface area contributed by atoms with Gasteiger partial charge in [0, 0.05) is 24.7 Å². The van der Waals surface area contributed by atoms with E-state index >= 15 is 0 Å². The molecular weight excluding hydrogens is 250 g/mol. The Labute approximate surface area is 109 Å². The van der Waals surface area contributed by atoms with Crippen LogP contribution < -0.4 is 4.90 Å². The fourth-order valence-electron chi connectivity index (χ4n) is 2.33. The molecule has 0 N–H and O–H groups in total. The molecule has 0 unspecified atom stereocenters. The minimum atomic E-state index is -0.199. The summed E-state index contributed by atoms with van der Waals surface area (Å²) in [6, 6.07) is 0. The van der Waals surface area contributed by atoms with Crippen LogP contribution in [0.15, 0.2) is 11.6 Å². The largest absolute Gasteiger partial charge is 0.372 e. The van der Waals surface area contributed by atoms with Gasteiger partial charge in [0.25, 0.3) is 0 Å². The Morgan fingerprint density at radius 2 is 2.39 bits per heavy atom. The molecule has 0 bridgehead atoms. The normalized spacial score (nSPS) is 19.3. The van der Waals surface area contributed by atoms with Crippen LogP contribution in [0.1, 0.15) is 24.3 Å². The van der Waals surface area contributed by atoms with Gasteiger partial charge < -0.3 is 9.64 Å². The maximum absolute atomic E-state index is 11.3. The van der Waals surface area contributed by atoms with Gasteiger partial charge >= 0.3 is 0 Å². The molecule has 6 heteroatoms. The van der Waals surface area contributed by atoms with Crippen molar-refractivity contribution < 1.29 is 9.53 Å². The van der Waals surface area contributed by atoms with Crippen molar-refractivity contribution in [3.8, 4) is 0 Å². The number of thiazole rings is 1. The lowest BCUT2D eigenvalue weighted by Gasteiger charge is -2.38. The molecule has 96 valence electrons. The standard InChI is InChI=1S/C12H15N3O2S/c1-12(2)8-14(3-5-17-12)10-9(7-16)15-4-6-18-11(15)13-10/h4,6-7H,3,5,8H2,1-2H3. The Bertz CT molecular complexity index is 587. The molecule has 1 aliphatic heterocycles. The highest BCUT2D eigenvalue weighted by molar-refractivity contribution is 7.15. The van der Waals surface area contributed by atoms with E-state index in [2.05, 4.69) is 23.7 Å². The Morgan fingerprint density at radius 3 is 3.11 bits per heavy atom. The summed E-state index contributed by atoms with van der Waals surface area (Å²) in [4.78, 5) is 18.8. The highest BCUT2D eigenvalue weighted by atomic mass is 32.1. The van der Waals surface area contributed by atoms with Gasteiger partial charge in [-0.15, -0.1) is 11.3 Å². The van der Waals surface area contributed by atoms with Crippen molar-refractivity contribution in [2.75, 3.05) is 24.6 Å². The van der Waals surface area contributed by atoms with E-state index in [9.17, 15) is 4.79 Å². The molecule has 5 nitrogen and oxygen atoms in total. The van der Waals surface area contributed by atoms with Gasteiger partial charge in [-0.3, -0.25) is 9.20 Å². The van der Waals surface area contributed by atoms with Gasteiger partial charge in [0.15, 0.2) is 17.1 Å². The lowest BCUT2D eigenvalue weighted by atomic mass is 10.1. The second kappa shape index (κ2) is 4.07. The number of anilines is 1. The maximum Gasteiger partial charge on any atom is 0.196 e. The molecule has 18 heavy (non-hydrogen) atoms. The van der Waals surface area contributed by atoms with Gasteiger partial charge in [-0.25, -0.2) is 4.98 Å². The molecule has 0 aliphatic carbocycles. The van der Waals surface area contributed by atoms with Crippen molar-refractivity contribution in [1.82, 2.24) is 9.38 Å². The molecule has 0 radical (unpaired) electrons. The zero-order chi connectivity index (χ0) is 12.8. The van der Waals surface area contributed by atoms with Crippen LogP contribution in [-0.4, -0.2) is 41.0 Å². The summed E-state index contributed by atoms with van der Waals surface area (Å²) in [5, 5.41) is 1.93. The molecule has 1 fully saturated rings. The van der Waals surface area contributed by atoms with Crippen LogP contribution in [0.3, 0.4) is 0 Å². The molecule has 0 amide bonds. The van der Waals surface area contributed by atoms with Crippen LogP contribution in [0.4, 0.5) is 5.82 Å². The fourth-order valence-corrected chi connectivity index (χ4v) is 3.05. The number of fused-ring (bicyclic) bond motifs is 1. The van der Waals surface area contributed by atoms with Crippen LogP contribution in [0, 0.1) is 0 Å². The number of imidazole rings is 1. The highest BCUT2D eigenvalue weighted by Crippen LogP contribution is 2.27. The molecule has 0 aromatic carbocycles. The third kappa shape index (κ3) is 1.81. The van der Waals surface area contributed by atoms with E-state index in [1.165, 1.54) is 11.3 Å². The molecule has 0 spiro atoms. The molecule has 2 aromatic rings. The first-order valence-corrected chi connectivity index (χ1v) is 6.78. The molecule has 2 aromatic heterocycles. The molecule has 3 rings (SSSR count). The number of aldehydes is 1. The van der Waals surface area contributed by atoms with Crippen molar-refractivity contribution in [3.63, 3.8) is 0 Å². The number of aromatic nitrogens is 2. The monoisotopic (exact) mass is 265 g/mol. The number of carbonyl (C=O) groups excluding carboxylic acids is 1. The predicted molar refractivity (Wildman–Crippen MR) is 70.7 cm³/mol. The summed E-state index contributed by atoms with van der Waals surface area (Å²) in [6.45, 7) is 6.29. The number of rotatable bonds is 2. The van der Waals surface area contributed by atoms with Crippen molar-refractivity contribution in [3.05, 3.63) is 17.3 Å². The van der Waals surface area contributed by atoms with Crippen molar-refractivity contribution >= 4 is 28.4 Å². The Kier molecular flexibility index (Phi) is 2.64. The summed E-state index contributed by atoms with van der Waals surface area (Å²) in [5.74, 6) is 0.772.